The number of halogens is 2. The van der Waals surface area contributed by atoms with Crippen LogP contribution in [0, 0.1) is 5.82 Å². The summed E-state index contributed by atoms with van der Waals surface area (Å²) in [5, 5.41) is 8.57. The minimum Gasteiger partial charge on any atom is -0.493 e. The van der Waals surface area contributed by atoms with Crippen molar-refractivity contribution in [1.82, 2.24) is 0 Å². The summed E-state index contributed by atoms with van der Waals surface area (Å²) in [6.07, 6.45) is 0. The zero-order valence-electron chi connectivity index (χ0n) is 16.1. The van der Waals surface area contributed by atoms with Gasteiger partial charge in [-0.2, -0.15) is 0 Å². The number of hydrogen-bond acceptors (Lipinski definition) is 5. The number of ether oxygens (including phenoxy) is 2. The highest BCUT2D eigenvalue weighted by Crippen LogP contribution is 2.30. The molecule has 0 aliphatic carbocycles. The maximum atomic E-state index is 13.9. The van der Waals surface area contributed by atoms with Crippen molar-refractivity contribution in [2.24, 2.45) is 5.14 Å². The molecule has 158 valence electrons. The van der Waals surface area contributed by atoms with Crippen LogP contribution in [-0.4, -0.2) is 15.5 Å². The van der Waals surface area contributed by atoms with Crippen LogP contribution in [0.1, 0.15) is 11.1 Å². The molecule has 6 nitrogen and oxygen atoms in total. The Balaban J connectivity index is 1.66. The van der Waals surface area contributed by atoms with E-state index in [1.165, 1.54) is 31.4 Å². The lowest BCUT2D eigenvalue weighted by Gasteiger charge is -2.14. The van der Waals surface area contributed by atoms with Crippen molar-refractivity contribution in [1.29, 1.82) is 0 Å². The van der Waals surface area contributed by atoms with E-state index in [0.29, 0.717) is 23.1 Å². The number of nitrogens with two attached hydrogens (primary N) is 1. The summed E-state index contributed by atoms with van der Waals surface area (Å²) in [6, 6.07) is 16.0. The van der Waals surface area contributed by atoms with Crippen molar-refractivity contribution < 1.29 is 22.3 Å². The van der Waals surface area contributed by atoms with Crippen LogP contribution in [0.15, 0.2) is 65.6 Å². The fourth-order valence-corrected chi connectivity index (χ4v) is 3.46. The molecule has 30 heavy (non-hydrogen) atoms. The quantitative estimate of drug-likeness (QED) is 0.533. The number of methoxy groups -OCH3 is 1. The van der Waals surface area contributed by atoms with Crippen LogP contribution in [-0.2, 0) is 23.2 Å². The van der Waals surface area contributed by atoms with Crippen molar-refractivity contribution in [2.75, 3.05) is 12.4 Å². The number of nitrogens with one attached hydrogen (secondary N) is 1. The molecule has 0 amide bonds. The monoisotopic (exact) mass is 450 g/mol. The second-order valence-corrected chi connectivity index (χ2v) is 8.37. The zero-order valence-corrected chi connectivity index (χ0v) is 17.6. The third-order valence-electron chi connectivity index (χ3n) is 4.34. The Kier molecular flexibility index (Phi) is 6.81. The maximum absolute atomic E-state index is 13.9. The largest absolute Gasteiger partial charge is 0.493 e. The molecule has 0 atom stereocenters. The van der Waals surface area contributed by atoms with Crippen LogP contribution in [0.3, 0.4) is 0 Å². The van der Waals surface area contributed by atoms with Crippen molar-refractivity contribution in [3.63, 3.8) is 0 Å². The van der Waals surface area contributed by atoms with Gasteiger partial charge >= 0.3 is 0 Å². The van der Waals surface area contributed by atoms with Crippen LogP contribution < -0.4 is 19.9 Å². The third-order valence-corrected chi connectivity index (χ3v) is 5.62. The van der Waals surface area contributed by atoms with E-state index >= 15 is 0 Å². The lowest BCUT2D eigenvalue weighted by molar-refractivity contribution is 0.279. The molecule has 3 N–H and O–H groups in total. The van der Waals surface area contributed by atoms with Crippen LogP contribution in [0.25, 0.3) is 0 Å². The van der Waals surface area contributed by atoms with Gasteiger partial charge in [-0.3, -0.25) is 0 Å². The molecule has 0 radical (unpaired) electrons. The smallest absolute Gasteiger partial charge is 0.238 e. The first kappa shape index (κ1) is 21.9. The molecule has 3 aromatic carbocycles. The van der Waals surface area contributed by atoms with E-state index in [9.17, 15) is 12.8 Å². The van der Waals surface area contributed by atoms with E-state index in [1.54, 1.807) is 30.3 Å². The Hall–Kier alpha value is -2.81. The molecule has 0 saturated carbocycles. The minimum absolute atomic E-state index is 0.0319. The van der Waals surface area contributed by atoms with Crippen LogP contribution in [0.2, 0.25) is 5.02 Å². The molecule has 9 heteroatoms. The van der Waals surface area contributed by atoms with Gasteiger partial charge < -0.3 is 14.8 Å². The maximum Gasteiger partial charge on any atom is 0.238 e. The Labute approximate surface area is 179 Å². The molecule has 0 fully saturated rings. The standard InChI is InChI=1S/C21H20ClFN2O4S/c1-28-21-11-14(12-25-15-6-8-16(9-7-15)30(24,26)27)5-10-20(21)29-13-17-18(22)3-2-4-19(17)23/h2-11,25H,12-13H2,1H3,(H2,24,26,27). The molecule has 0 heterocycles. The first-order valence-corrected chi connectivity index (χ1v) is 10.8. The molecule has 0 aliphatic rings. The van der Waals surface area contributed by atoms with Crippen molar-refractivity contribution in [2.45, 2.75) is 18.0 Å². The second-order valence-electron chi connectivity index (χ2n) is 6.40. The second kappa shape index (κ2) is 9.34. The predicted octanol–water partition coefficient (Wildman–Crippen LogP) is 4.33. The van der Waals surface area contributed by atoms with Gasteiger partial charge in [-0.25, -0.2) is 17.9 Å². The van der Waals surface area contributed by atoms with Crippen molar-refractivity contribution in [3.8, 4) is 11.5 Å². The summed E-state index contributed by atoms with van der Waals surface area (Å²) in [5.74, 6) is 0.514. The van der Waals surface area contributed by atoms with E-state index in [1.807, 2.05) is 6.07 Å². The lowest BCUT2D eigenvalue weighted by Crippen LogP contribution is -2.12. The van der Waals surface area contributed by atoms with Gasteiger partial charge in [-0.05, 0) is 54.1 Å². The van der Waals surface area contributed by atoms with E-state index in [0.717, 1.165) is 11.3 Å². The first-order valence-electron chi connectivity index (χ1n) is 8.87. The summed E-state index contributed by atoms with van der Waals surface area (Å²) in [7, 11) is -2.21. The fourth-order valence-electron chi connectivity index (χ4n) is 2.73. The van der Waals surface area contributed by atoms with Crippen molar-refractivity contribution in [3.05, 3.63) is 82.6 Å². The summed E-state index contributed by atoms with van der Waals surface area (Å²) < 4.78 is 47.6. The summed E-state index contributed by atoms with van der Waals surface area (Å²) in [6.45, 7) is 0.431. The molecule has 0 aliphatic heterocycles. The highest BCUT2D eigenvalue weighted by molar-refractivity contribution is 7.89. The Morgan fingerprint density at radius 1 is 1.07 bits per heavy atom. The SMILES string of the molecule is COc1cc(CNc2ccc(S(N)(=O)=O)cc2)ccc1OCc1c(F)cccc1Cl. The van der Waals surface area contributed by atoms with Crippen molar-refractivity contribution >= 4 is 27.3 Å². The molecule has 3 rings (SSSR count). The topological polar surface area (TPSA) is 90.6 Å². The highest BCUT2D eigenvalue weighted by atomic mass is 35.5. The summed E-state index contributed by atoms with van der Waals surface area (Å²) in [4.78, 5) is 0.0474. The van der Waals surface area contributed by atoms with Crippen LogP contribution in [0.5, 0.6) is 11.5 Å². The number of primary sulfonamides is 1. The molecule has 0 unspecified atom stereocenters. The lowest BCUT2D eigenvalue weighted by atomic mass is 10.2. The number of benzene rings is 3. The van der Waals surface area contributed by atoms with Gasteiger partial charge in [-0.1, -0.05) is 23.7 Å². The van der Waals surface area contributed by atoms with Crippen LogP contribution >= 0.6 is 11.6 Å². The normalized spacial score (nSPS) is 11.2. The Morgan fingerprint density at radius 2 is 1.80 bits per heavy atom. The van der Waals surface area contributed by atoms with Gasteiger partial charge in [0.15, 0.2) is 11.5 Å². The van der Waals surface area contributed by atoms with Gasteiger partial charge in [0, 0.05) is 17.8 Å². The van der Waals surface area contributed by atoms with Crippen LogP contribution in [0.4, 0.5) is 10.1 Å². The average molecular weight is 451 g/mol. The molecule has 0 aromatic heterocycles. The van der Waals surface area contributed by atoms with Gasteiger partial charge in [0.05, 0.1) is 17.0 Å². The van der Waals surface area contributed by atoms with E-state index in [-0.39, 0.29) is 17.1 Å². The van der Waals surface area contributed by atoms with Gasteiger partial charge in [0.25, 0.3) is 0 Å². The summed E-state index contributed by atoms with van der Waals surface area (Å²) >= 11 is 6.03. The first-order chi connectivity index (χ1) is 14.3. The Morgan fingerprint density at radius 3 is 2.43 bits per heavy atom. The van der Waals surface area contributed by atoms with E-state index < -0.39 is 15.8 Å². The third kappa shape index (κ3) is 5.41. The predicted molar refractivity (Wildman–Crippen MR) is 114 cm³/mol. The number of rotatable bonds is 8. The molecular formula is C21H20ClFN2O4S. The fraction of sp³-hybridized carbons (Fsp3) is 0.143. The molecular weight excluding hydrogens is 431 g/mol. The Bertz CT molecular complexity index is 1120. The number of anilines is 1. The van der Waals surface area contributed by atoms with Gasteiger partial charge in [0.2, 0.25) is 10.0 Å². The molecule has 3 aromatic rings. The minimum atomic E-state index is -3.72. The highest BCUT2D eigenvalue weighted by Gasteiger charge is 2.11. The average Bonchev–Trinajstić information content (AvgIpc) is 2.72. The summed E-state index contributed by atoms with van der Waals surface area (Å²) in [5.41, 5.74) is 1.91. The number of sulfonamides is 1. The molecule has 0 spiro atoms. The van der Waals surface area contributed by atoms with E-state index in [4.69, 9.17) is 26.2 Å². The van der Waals surface area contributed by atoms with Gasteiger partial charge in [-0.15, -0.1) is 0 Å². The molecule has 0 saturated heterocycles. The number of hydrogen-bond donors (Lipinski definition) is 2. The molecule has 0 bridgehead atoms. The van der Waals surface area contributed by atoms with Gasteiger partial charge in [0.1, 0.15) is 12.4 Å². The zero-order chi connectivity index (χ0) is 21.7. The van der Waals surface area contributed by atoms with E-state index in [2.05, 4.69) is 5.32 Å².